The second kappa shape index (κ2) is 11.2. The zero-order valence-corrected chi connectivity index (χ0v) is 17.2. The zero-order chi connectivity index (χ0) is 22.1. The summed E-state index contributed by atoms with van der Waals surface area (Å²) in [5, 5.41) is 14.3. The first-order valence-electron chi connectivity index (χ1n) is 9.24. The Hall–Kier alpha value is -3.07. The van der Waals surface area contributed by atoms with E-state index in [0.717, 1.165) is 0 Å². The van der Waals surface area contributed by atoms with E-state index in [1.54, 1.807) is 30.3 Å². The number of halogens is 1. The lowest BCUT2D eigenvalue weighted by Crippen LogP contribution is -2.52. The molecule has 7 nitrogen and oxygen atoms in total. The number of carboxylic acid groups (broad SMARTS) is 1. The molecule has 0 aromatic heterocycles. The predicted molar refractivity (Wildman–Crippen MR) is 110 cm³/mol. The van der Waals surface area contributed by atoms with Gasteiger partial charge in [0.1, 0.15) is 17.9 Å². The number of hydrogen-bond donors (Lipinski definition) is 3. The van der Waals surface area contributed by atoms with E-state index < -0.39 is 46.5 Å². The van der Waals surface area contributed by atoms with Crippen molar-refractivity contribution < 1.29 is 28.1 Å². The Bertz CT molecular complexity index is 905. The van der Waals surface area contributed by atoms with Crippen molar-refractivity contribution in [3.8, 4) is 0 Å². The molecule has 2 rings (SSSR count). The van der Waals surface area contributed by atoms with Crippen molar-refractivity contribution >= 4 is 28.6 Å². The predicted octanol–water partition coefficient (Wildman–Crippen LogP) is 1.64. The maximum atomic E-state index is 13.1. The van der Waals surface area contributed by atoms with Gasteiger partial charge in [-0.1, -0.05) is 30.3 Å². The Balaban J connectivity index is 2.03. The number of aliphatic carboxylic acids is 1. The van der Waals surface area contributed by atoms with Crippen LogP contribution in [0, 0.1) is 5.82 Å². The van der Waals surface area contributed by atoms with Gasteiger partial charge in [-0.05, 0) is 36.2 Å². The molecule has 0 radical (unpaired) electrons. The molecule has 0 saturated heterocycles. The van der Waals surface area contributed by atoms with E-state index in [-0.39, 0.29) is 18.6 Å². The van der Waals surface area contributed by atoms with Crippen LogP contribution in [0.25, 0.3) is 0 Å². The van der Waals surface area contributed by atoms with Gasteiger partial charge in [0.2, 0.25) is 11.8 Å². The fourth-order valence-electron chi connectivity index (χ4n) is 2.76. The number of amides is 2. The van der Waals surface area contributed by atoms with Crippen LogP contribution in [-0.4, -0.2) is 44.9 Å². The van der Waals surface area contributed by atoms with E-state index in [2.05, 4.69) is 10.6 Å². The van der Waals surface area contributed by atoms with Crippen molar-refractivity contribution in [2.45, 2.75) is 36.7 Å². The van der Waals surface area contributed by atoms with E-state index in [4.69, 9.17) is 0 Å². The van der Waals surface area contributed by atoms with Crippen LogP contribution in [0.2, 0.25) is 0 Å². The first-order chi connectivity index (χ1) is 14.3. The van der Waals surface area contributed by atoms with Crippen LogP contribution in [0.15, 0.2) is 59.5 Å². The normalized spacial score (nSPS) is 13.7. The Morgan fingerprint density at radius 1 is 1.00 bits per heavy atom. The summed E-state index contributed by atoms with van der Waals surface area (Å²) < 4.78 is 25.4. The molecule has 0 spiro atoms. The first-order valence-corrected chi connectivity index (χ1v) is 10.6. The van der Waals surface area contributed by atoms with Gasteiger partial charge in [0.15, 0.2) is 0 Å². The van der Waals surface area contributed by atoms with Crippen molar-refractivity contribution in [3.05, 3.63) is 66.0 Å². The van der Waals surface area contributed by atoms with E-state index in [9.17, 15) is 28.1 Å². The lowest BCUT2D eigenvalue weighted by molar-refractivity contribution is -0.142. The standard InChI is InChI=1S/C21H23FN2O5S/c1-14(25)23-19(13-15-7-9-16(22)10-8-15)20(26)24-18(21(27)28)11-12-30(29)17-5-3-2-4-6-17/h2-10,18-19H,11-13H2,1H3,(H,23,25)(H,24,26)(H,27,28)/t18-,19+,30-/m0/s1. The molecule has 30 heavy (non-hydrogen) atoms. The highest BCUT2D eigenvalue weighted by Gasteiger charge is 2.26. The Morgan fingerprint density at radius 2 is 1.63 bits per heavy atom. The monoisotopic (exact) mass is 434 g/mol. The number of carbonyl (C=O) groups excluding carboxylic acids is 2. The highest BCUT2D eigenvalue weighted by molar-refractivity contribution is 7.85. The Morgan fingerprint density at radius 3 is 2.20 bits per heavy atom. The molecule has 0 saturated carbocycles. The van der Waals surface area contributed by atoms with Crippen molar-refractivity contribution in [1.29, 1.82) is 0 Å². The van der Waals surface area contributed by atoms with Crippen molar-refractivity contribution in [3.63, 3.8) is 0 Å². The van der Waals surface area contributed by atoms with Gasteiger partial charge >= 0.3 is 5.97 Å². The van der Waals surface area contributed by atoms with Gasteiger partial charge in [0.05, 0.1) is 10.8 Å². The molecule has 0 aliphatic carbocycles. The van der Waals surface area contributed by atoms with Crippen LogP contribution in [0.5, 0.6) is 0 Å². The lowest BCUT2D eigenvalue weighted by atomic mass is 10.0. The van der Waals surface area contributed by atoms with Crippen LogP contribution >= 0.6 is 0 Å². The van der Waals surface area contributed by atoms with Crippen LogP contribution in [-0.2, 0) is 31.6 Å². The number of benzene rings is 2. The lowest BCUT2D eigenvalue weighted by Gasteiger charge is -2.21. The van der Waals surface area contributed by atoms with Gasteiger partial charge < -0.3 is 15.7 Å². The molecule has 0 unspecified atom stereocenters. The third kappa shape index (κ3) is 7.40. The summed E-state index contributed by atoms with van der Waals surface area (Å²) in [6.45, 7) is 1.24. The minimum absolute atomic E-state index is 0.0457. The molecule has 160 valence electrons. The number of nitrogens with one attached hydrogen (secondary N) is 2. The number of carboxylic acids is 1. The molecular weight excluding hydrogens is 411 g/mol. The zero-order valence-electron chi connectivity index (χ0n) is 16.3. The van der Waals surface area contributed by atoms with E-state index in [1.165, 1.54) is 31.2 Å². The number of hydrogen-bond acceptors (Lipinski definition) is 4. The van der Waals surface area contributed by atoms with Gasteiger partial charge in [0, 0.05) is 24.0 Å². The SMILES string of the molecule is CC(=O)N[C@H](Cc1ccc(F)cc1)C(=O)N[C@@H](CC[S@](=O)c1ccccc1)C(=O)O. The molecule has 0 aliphatic heterocycles. The fourth-order valence-corrected chi connectivity index (χ4v) is 3.90. The average Bonchev–Trinajstić information content (AvgIpc) is 2.71. The second-order valence-corrected chi connectivity index (χ2v) is 8.21. The van der Waals surface area contributed by atoms with Crippen LogP contribution in [0.4, 0.5) is 4.39 Å². The minimum Gasteiger partial charge on any atom is -0.480 e. The molecule has 2 aromatic rings. The topological polar surface area (TPSA) is 113 Å². The Labute approximate surface area is 176 Å². The molecular formula is C21H23FN2O5S. The summed E-state index contributed by atoms with van der Waals surface area (Å²) in [6.07, 6.45) is 0.0138. The summed E-state index contributed by atoms with van der Waals surface area (Å²) >= 11 is 0. The summed E-state index contributed by atoms with van der Waals surface area (Å²) in [5.41, 5.74) is 0.599. The first kappa shape index (κ1) is 23.2. The molecule has 9 heteroatoms. The van der Waals surface area contributed by atoms with Crippen LogP contribution < -0.4 is 10.6 Å². The summed E-state index contributed by atoms with van der Waals surface area (Å²) in [5.74, 6) is -2.81. The molecule has 0 aliphatic rings. The van der Waals surface area contributed by atoms with Gasteiger partial charge in [-0.3, -0.25) is 13.8 Å². The highest BCUT2D eigenvalue weighted by atomic mass is 32.2. The fraction of sp³-hybridized carbons (Fsp3) is 0.286. The maximum Gasteiger partial charge on any atom is 0.326 e. The van der Waals surface area contributed by atoms with Gasteiger partial charge in [-0.2, -0.15) is 0 Å². The van der Waals surface area contributed by atoms with Gasteiger partial charge in [-0.15, -0.1) is 0 Å². The van der Waals surface area contributed by atoms with Gasteiger partial charge in [0.25, 0.3) is 0 Å². The van der Waals surface area contributed by atoms with E-state index >= 15 is 0 Å². The van der Waals surface area contributed by atoms with Crippen LogP contribution in [0.3, 0.4) is 0 Å². The number of carbonyl (C=O) groups is 3. The third-order valence-electron chi connectivity index (χ3n) is 4.26. The minimum atomic E-state index is -1.41. The average molecular weight is 434 g/mol. The van der Waals surface area contributed by atoms with Crippen LogP contribution in [0.1, 0.15) is 18.9 Å². The molecule has 0 fully saturated rings. The number of rotatable bonds is 10. The van der Waals surface area contributed by atoms with E-state index in [1.807, 2.05) is 0 Å². The summed E-state index contributed by atoms with van der Waals surface area (Å²) in [7, 11) is -1.41. The third-order valence-corrected chi connectivity index (χ3v) is 5.66. The highest BCUT2D eigenvalue weighted by Crippen LogP contribution is 2.10. The van der Waals surface area contributed by atoms with Crippen molar-refractivity contribution in [2.75, 3.05) is 5.75 Å². The quantitative estimate of drug-likeness (QED) is 0.526. The van der Waals surface area contributed by atoms with E-state index in [0.29, 0.717) is 10.5 Å². The van der Waals surface area contributed by atoms with Crippen molar-refractivity contribution in [1.82, 2.24) is 10.6 Å². The van der Waals surface area contributed by atoms with Gasteiger partial charge in [-0.25, -0.2) is 9.18 Å². The Kier molecular flexibility index (Phi) is 8.67. The molecule has 0 heterocycles. The second-order valence-electron chi connectivity index (χ2n) is 6.63. The smallest absolute Gasteiger partial charge is 0.326 e. The molecule has 3 N–H and O–H groups in total. The molecule has 3 atom stereocenters. The molecule has 0 bridgehead atoms. The van der Waals surface area contributed by atoms with Crippen molar-refractivity contribution in [2.24, 2.45) is 0 Å². The summed E-state index contributed by atoms with van der Waals surface area (Å²) in [4.78, 5) is 36.3. The molecule has 2 aromatic carbocycles. The maximum absolute atomic E-state index is 13.1. The summed E-state index contributed by atoms with van der Waals surface area (Å²) in [6, 6.07) is 11.7. The largest absolute Gasteiger partial charge is 0.480 e. The molecule has 2 amide bonds.